The molecule has 0 bridgehead atoms. The summed E-state index contributed by atoms with van der Waals surface area (Å²) in [6, 6.07) is 32.2. The van der Waals surface area contributed by atoms with Crippen molar-refractivity contribution in [1.29, 1.82) is 0 Å². The van der Waals surface area contributed by atoms with Crippen molar-refractivity contribution in [3.63, 3.8) is 0 Å². The Balaban J connectivity index is 1.52. The SMILES string of the molecule is CCC1=Cc2c(-c3ccc([S+](C)C)cc3)cccc2[CH]1[Zr]([Cl])([Cl])([CH]1C(CC)=Cc2c(-c3ccc([S+](C)C)cc3)cccc21)[SiH](C)C. The van der Waals surface area contributed by atoms with Gasteiger partial charge in [-0.05, 0) is 0 Å². The predicted octanol–water partition coefficient (Wildman–Crippen LogP) is 11.9. The molecule has 2 unspecified atom stereocenters. The van der Waals surface area contributed by atoms with Gasteiger partial charge in [-0.3, -0.25) is 0 Å². The molecular formula is C40H47Cl2S2SiZr+2. The zero-order valence-corrected chi connectivity index (χ0v) is 35.2. The molecule has 0 spiro atoms. The van der Waals surface area contributed by atoms with Gasteiger partial charge in [0.1, 0.15) is 0 Å². The number of fused-ring (bicyclic) bond motifs is 2. The van der Waals surface area contributed by atoms with Gasteiger partial charge in [-0.25, -0.2) is 0 Å². The second kappa shape index (κ2) is 13.2. The van der Waals surface area contributed by atoms with Crippen LogP contribution in [0.2, 0.25) is 13.1 Å². The molecule has 0 aliphatic heterocycles. The minimum atomic E-state index is -4.77. The van der Waals surface area contributed by atoms with E-state index < -0.39 is 21.5 Å². The Kier molecular flexibility index (Phi) is 9.94. The van der Waals surface area contributed by atoms with Gasteiger partial charge in [-0.15, -0.1) is 0 Å². The Morgan fingerprint density at radius 3 is 1.26 bits per heavy atom. The second-order valence-corrected chi connectivity index (χ2v) is 60.4. The van der Waals surface area contributed by atoms with Crippen LogP contribution in [0.25, 0.3) is 34.4 Å². The van der Waals surface area contributed by atoms with Crippen LogP contribution in [-0.4, -0.2) is 30.9 Å². The van der Waals surface area contributed by atoms with E-state index in [9.17, 15) is 0 Å². The van der Waals surface area contributed by atoms with Gasteiger partial charge in [0, 0.05) is 0 Å². The van der Waals surface area contributed by atoms with E-state index in [1.807, 2.05) is 0 Å². The van der Waals surface area contributed by atoms with Gasteiger partial charge in [0.25, 0.3) is 0 Å². The Labute approximate surface area is 292 Å². The quantitative estimate of drug-likeness (QED) is 0.117. The van der Waals surface area contributed by atoms with Gasteiger partial charge in [0.15, 0.2) is 0 Å². The first-order chi connectivity index (χ1) is 21.9. The van der Waals surface area contributed by atoms with Crippen molar-refractivity contribution >= 4 is 56.9 Å². The molecule has 6 heteroatoms. The molecule has 0 aromatic heterocycles. The van der Waals surface area contributed by atoms with Crippen LogP contribution in [-0.2, 0) is 37.3 Å². The summed E-state index contributed by atoms with van der Waals surface area (Å²) in [6.07, 6.45) is 16.0. The fraction of sp³-hybridized carbons (Fsp3) is 0.300. The molecule has 0 amide bonds. The van der Waals surface area contributed by atoms with Crippen molar-refractivity contribution in [3.8, 4) is 22.3 Å². The number of hydrogen-bond donors (Lipinski definition) is 0. The van der Waals surface area contributed by atoms with E-state index in [1.165, 1.54) is 65.4 Å². The molecule has 0 fully saturated rings. The zero-order chi connectivity index (χ0) is 33.0. The normalized spacial score (nSPS) is 18.4. The first-order valence-electron chi connectivity index (χ1n) is 16.5. The Bertz CT molecular complexity index is 1710. The van der Waals surface area contributed by atoms with Crippen LogP contribution in [0.15, 0.2) is 106 Å². The first-order valence-corrected chi connectivity index (χ1v) is 36.9. The second-order valence-electron chi connectivity index (χ2n) is 13.7. The molecule has 0 radical (unpaired) electrons. The molecule has 2 atom stereocenters. The third-order valence-electron chi connectivity index (χ3n) is 10.6. The number of rotatable bonds is 9. The maximum absolute atomic E-state index is 8.61. The monoisotopic (exact) mass is 779 g/mol. The topological polar surface area (TPSA) is 0 Å². The average molecular weight is 782 g/mol. The van der Waals surface area contributed by atoms with Gasteiger partial charge >= 0.3 is 295 Å². The summed E-state index contributed by atoms with van der Waals surface area (Å²) in [4.78, 5) is 2.80. The molecule has 0 saturated carbocycles. The standard InChI is InChI=1S/2C19H20S.C2H7Si.2ClH.Zr/c2*1-4-14-12-16-6-5-7-18(19(16)13-14)15-8-10-17(11-9-15)20(2)3;1-3-2;;;/h2*5-13H,4H2,1-3H3;3H,1-2H3;2*1H;/q2*+1;;;;+2/p-2. The Morgan fingerprint density at radius 1 is 0.587 bits per heavy atom. The average Bonchev–Trinajstić information content (AvgIpc) is 3.64. The molecule has 2 aliphatic carbocycles. The van der Waals surface area contributed by atoms with Crippen LogP contribution >= 0.6 is 17.0 Å². The Morgan fingerprint density at radius 2 is 0.957 bits per heavy atom. The van der Waals surface area contributed by atoms with Crippen molar-refractivity contribution in [2.75, 3.05) is 25.0 Å². The summed E-state index contributed by atoms with van der Waals surface area (Å²) in [7, 11) is 17.7. The van der Waals surface area contributed by atoms with Crippen molar-refractivity contribution in [2.24, 2.45) is 0 Å². The first kappa shape index (κ1) is 34.6. The number of allylic oxidation sites excluding steroid dienone is 2. The van der Waals surface area contributed by atoms with Crippen LogP contribution < -0.4 is 0 Å². The molecular weight excluding hydrogens is 735 g/mol. The third-order valence-corrected chi connectivity index (χ3v) is 64.9. The molecule has 239 valence electrons. The minimum absolute atomic E-state index is 0.119. The fourth-order valence-corrected chi connectivity index (χ4v) is 41.1. The summed E-state index contributed by atoms with van der Waals surface area (Å²) < 4.78 is 0.238. The molecule has 0 heterocycles. The van der Waals surface area contributed by atoms with E-state index in [0.29, 0.717) is 0 Å². The van der Waals surface area contributed by atoms with Crippen molar-refractivity contribution in [3.05, 3.63) is 118 Å². The van der Waals surface area contributed by atoms with Crippen LogP contribution in [0.1, 0.15) is 56.2 Å². The summed E-state index contributed by atoms with van der Waals surface area (Å²) in [5, 5.41) is 0. The van der Waals surface area contributed by atoms with Gasteiger partial charge in [-0.2, -0.15) is 0 Å². The maximum atomic E-state index is 8.61. The third kappa shape index (κ3) is 5.66. The summed E-state index contributed by atoms with van der Waals surface area (Å²) in [6.45, 7) is 9.50. The van der Waals surface area contributed by atoms with Crippen LogP contribution in [0.5, 0.6) is 0 Å². The number of benzene rings is 4. The van der Waals surface area contributed by atoms with Crippen molar-refractivity contribution < 1.29 is 15.6 Å². The van der Waals surface area contributed by atoms with Crippen molar-refractivity contribution in [2.45, 2.75) is 56.8 Å². The van der Waals surface area contributed by atoms with E-state index in [0.717, 1.165) is 12.8 Å². The van der Waals surface area contributed by atoms with Gasteiger partial charge < -0.3 is 0 Å². The van der Waals surface area contributed by atoms with Crippen molar-refractivity contribution in [1.82, 2.24) is 0 Å². The van der Waals surface area contributed by atoms with E-state index in [2.05, 4.69) is 149 Å². The van der Waals surface area contributed by atoms with Gasteiger partial charge in [-0.1, -0.05) is 0 Å². The molecule has 2 aliphatic rings. The number of halogens is 2. The summed E-state index contributed by atoms with van der Waals surface area (Å²) in [5.74, 6) is -1.60. The molecule has 6 rings (SSSR count). The van der Waals surface area contributed by atoms with Gasteiger partial charge in [0.2, 0.25) is 0 Å². The predicted molar refractivity (Wildman–Crippen MR) is 211 cm³/mol. The number of hydrogen-bond acceptors (Lipinski definition) is 0. The zero-order valence-electron chi connectivity index (χ0n) is 28.5. The van der Waals surface area contributed by atoms with Crippen LogP contribution in [0, 0.1) is 0 Å². The van der Waals surface area contributed by atoms with E-state index in [1.54, 1.807) is 0 Å². The molecule has 4 aromatic rings. The molecule has 0 nitrogen and oxygen atoms in total. The van der Waals surface area contributed by atoms with E-state index >= 15 is 0 Å². The summed E-state index contributed by atoms with van der Waals surface area (Å²) >= 11 is -4.77. The van der Waals surface area contributed by atoms with E-state index in [-0.39, 0.29) is 29.0 Å². The molecule has 0 saturated heterocycles. The van der Waals surface area contributed by atoms with Crippen LogP contribution in [0.3, 0.4) is 0 Å². The fourth-order valence-electron chi connectivity index (χ4n) is 7.99. The summed E-state index contributed by atoms with van der Waals surface area (Å²) in [5.41, 5.74) is 13.4. The molecule has 0 N–H and O–H groups in total. The van der Waals surface area contributed by atoms with Gasteiger partial charge in [0.05, 0.1) is 0 Å². The van der Waals surface area contributed by atoms with E-state index in [4.69, 9.17) is 17.0 Å². The molecule has 4 aromatic carbocycles. The Hall–Kier alpha value is -1.26. The molecule has 46 heavy (non-hydrogen) atoms. The van der Waals surface area contributed by atoms with Crippen LogP contribution in [0.4, 0.5) is 0 Å².